The number of carbonyl (C=O) groups excluding carboxylic acids is 1. The molecule has 0 aromatic heterocycles. The van der Waals surface area contributed by atoms with Gasteiger partial charge in [0.25, 0.3) is 0 Å². The molecule has 0 aliphatic carbocycles. The number of piperazine rings is 1. The topological polar surface area (TPSA) is 43.8 Å². The van der Waals surface area contributed by atoms with Crippen LogP contribution in [0.3, 0.4) is 0 Å². The van der Waals surface area contributed by atoms with Crippen LogP contribution in [0.25, 0.3) is 0 Å². The van der Waals surface area contributed by atoms with E-state index in [-0.39, 0.29) is 12.5 Å². The summed E-state index contributed by atoms with van der Waals surface area (Å²) in [6, 6.07) is 0. The first-order chi connectivity index (χ1) is 7.27. The normalized spacial score (nSPS) is 17.8. The van der Waals surface area contributed by atoms with E-state index in [0.29, 0.717) is 0 Å². The van der Waals surface area contributed by atoms with Crippen molar-refractivity contribution in [3.63, 3.8) is 0 Å². The molecule has 1 amide bonds. The first-order valence-corrected chi connectivity index (χ1v) is 5.50. The quantitative estimate of drug-likeness (QED) is 0.519. The fourth-order valence-electron chi connectivity index (χ4n) is 1.78. The Kier molecular flexibility index (Phi) is 5.36. The van der Waals surface area contributed by atoms with E-state index in [1.807, 2.05) is 6.08 Å². The fourth-order valence-corrected chi connectivity index (χ4v) is 1.78. The number of hydrogen-bond acceptors (Lipinski definition) is 3. The second-order valence-electron chi connectivity index (χ2n) is 3.81. The molecule has 0 atom stereocenters. The molecule has 4 heteroatoms. The molecular formula is C11H20N2O2. The Bertz CT molecular complexity index is 211. The van der Waals surface area contributed by atoms with E-state index in [1.54, 1.807) is 4.90 Å². The number of amides is 1. The summed E-state index contributed by atoms with van der Waals surface area (Å²) in [6.07, 6.45) is 4.12. The van der Waals surface area contributed by atoms with Crippen LogP contribution in [0.2, 0.25) is 0 Å². The predicted octanol–water partition coefficient (Wildman–Crippen LogP) is 0.0891. The third-order valence-electron chi connectivity index (χ3n) is 2.74. The van der Waals surface area contributed by atoms with E-state index in [2.05, 4.69) is 11.5 Å². The average Bonchev–Trinajstić information content (AvgIpc) is 2.29. The van der Waals surface area contributed by atoms with Crippen LogP contribution in [0.4, 0.5) is 0 Å². The first kappa shape index (κ1) is 12.2. The van der Waals surface area contributed by atoms with Gasteiger partial charge in [0.15, 0.2) is 0 Å². The van der Waals surface area contributed by atoms with Gasteiger partial charge in [-0.05, 0) is 19.4 Å². The number of allylic oxidation sites excluding steroid dienone is 1. The summed E-state index contributed by atoms with van der Waals surface area (Å²) < 4.78 is 0. The summed E-state index contributed by atoms with van der Waals surface area (Å²) in [5.74, 6) is -0.152. The van der Waals surface area contributed by atoms with Crippen LogP contribution in [0, 0.1) is 0 Å². The molecule has 1 N–H and O–H groups in total. The molecule has 1 aliphatic rings. The Balaban J connectivity index is 2.17. The summed E-state index contributed by atoms with van der Waals surface area (Å²) in [4.78, 5) is 15.3. The second kappa shape index (κ2) is 6.58. The minimum atomic E-state index is -0.365. The Morgan fingerprint density at radius 3 is 2.53 bits per heavy atom. The maximum atomic E-state index is 11.2. The zero-order chi connectivity index (χ0) is 11.1. The highest BCUT2D eigenvalue weighted by molar-refractivity contribution is 5.77. The molecule has 1 heterocycles. The van der Waals surface area contributed by atoms with Gasteiger partial charge in [-0.2, -0.15) is 0 Å². The van der Waals surface area contributed by atoms with Gasteiger partial charge < -0.3 is 10.0 Å². The summed E-state index contributed by atoms with van der Waals surface area (Å²) >= 11 is 0. The van der Waals surface area contributed by atoms with E-state index in [9.17, 15) is 4.79 Å². The second-order valence-corrected chi connectivity index (χ2v) is 3.81. The standard InChI is InChI=1S/C11H20N2O2/c1-2-3-4-5-12-6-8-13(9-7-12)11(15)10-14/h2,14H,1,3-10H2. The Morgan fingerprint density at radius 1 is 1.33 bits per heavy atom. The number of carbonyl (C=O) groups is 1. The summed E-state index contributed by atoms with van der Waals surface area (Å²) in [6.45, 7) is 7.73. The van der Waals surface area contributed by atoms with Gasteiger partial charge in [-0.3, -0.25) is 9.69 Å². The molecular weight excluding hydrogens is 192 g/mol. The maximum absolute atomic E-state index is 11.2. The molecule has 0 unspecified atom stereocenters. The van der Waals surface area contributed by atoms with Crippen LogP contribution in [0.5, 0.6) is 0 Å². The highest BCUT2D eigenvalue weighted by Gasteiger charge is 2.19. The van der Waals surface area contributed by atoms with Gasteiger partial charge in [-0.1, -0.05) is 6.08 Å². The molecule has 0 aromatic carbocycles. The Hall–Kier alpha value is -0.870. The molecule has 15 heavy (non-hydrogen) atoms. The monoisotopic (exact) mass is 212 g/mol. The molecule has 0 radical (unpaired) electrons. The van der Waals surface area contributed by atoms with Crippen LogP contribution >= 0.6 is 0 Å². The van der Waals surface area contributed by atoms with Crippen LogP contribution in [0.15, 0.2) is 12.7 Å². The van der Waals surface area contributed by atoms with Gasteiger partial charge in [0.2, 0.25) is 5.91 Å². The van der Waals surface area contributed by atoms with Crippen molar-refractivity contribution in [3.05, 3.63) is 12.7 Å². The van der Waals surface area contributed by atoms with Gasteiger partial charge in [0.05, 0.1) is 0 Å². The minimum absolute atomic E-state index is 0.152. The molecule has 1 fully saturated rings. The van der Waals surface area contributed by atoms with Crippen LogP contribution in [-0.4, -0.2) is 60.1 Å². The Morgan fingerprint density at radius 2 is 2.00 bits per heavy atom. The first-order valence-electron chi connectivity index (χ1n) is 5.50. The maximum Gasteiger partial charge on any atom is 0.248 e. The van der Waals surface area contributed by atoms with Crippen molar-refractivity contribution < 1.29 is 9.90 Å². The molecule has 1 aliphatic heterocycles. The van der Waals surface area contributed by atoms with Crippen molar-refractivity contribution in [2.24, 2.45) is 0 Å². The van der Waals surface area contributed by atoms with Gasteiger partial charge in [-0.15, -0.1) is 6.58 Å². The highest BCUT2D eigenvalue weighted by atomic mass is 16.3. The Labute approximate surface area is 91.2 Å². The molecule has 0 spiro atoms. The van der Waals surface area contributed by atoms with Crippen molar-refractivity contribution >= 4 is 5.91 Å². The van der Waals surface area contributed by atoms with Crippen molar-refractivity contribution in [2.45, 2.75) is 12.8 Å². The summed E-state index contributed by atoms with van der Waals surface area (Å²) in [5, 5.41) is 8.71. The lowest BCUT2D eigenvalue weighted by molar-refractivity contribution is -0.135. The SMILES string of the molecule is C=CCCCN1CCN(C(=O)CO)CC1. The number of rotatable bonds is 5. The summed E-state index contributed by atoms with van der Waals surface area (Å²) in [7, 11) is 0. The van der Waals surface area contributed by atoms with E-state index in [4.69, 9.17) is 5.11 Å². The largest absolute Gasteiger partial charge is 0.387 e. The number of unbranched alkanes of at least 4 members (excludes halogenated alkanes) is 1. The molecule has 4 nitrogen and oxygen atoms in total. The molecule has 1 saturated heterocycles. The number of aliphatic hydroxyl groups is 1. The zero-order valence-electron chi connectivity index (χ0n) is 9.19. The van der Waals surface area contributed by atoms with Crippen molar-refractivity contribution in [1.29, 1.82) is 0 Å². The van der Waals surface area contributed by atoms with Crippen molar-refractivity contribution in [2.75, 3.05) is 39.3 Å². The van der Waals surface area contributed by atoms with E-state index < -0.39 is 0 Å². The molecule has 0 bridgehead atoms. The van der Waals surface area contributed by atoms with Gasteiger partial charge in [0.1, 0.15) is 6.61 Å². The zero-order valence-corrected chi connectivity index (χ0v) is 9.19. The van der Waals surface area contributed by atoms with Crippen molar-refractivity contribution in [3.8, 4) is 0 Å². The average molecular weight is 212 g/mol. The lowest BCUT2D eigenvalue weighted by Gasteiger charge is -2.34. The highest BCUT2D eigenvalue weighted by Crippen LogP contribution is 2.03. The minimum Gasteiger partial charge on any atom is -0.387 e. The lowest BCUT2D eigenvalue weighted by atomic mass is 10.2. The number of nitrogens with zero attached hydrogens (tertiary/aromatic N) is 2. The van der Waals surface area contributed by atoms with Crippen LogP contribution in [0.1, 0.15) is 12.8 Å². The van der Waals surface area contributed by atoms with E-state index >= 15 is 0 Å². The lowest BCUT2D eigenvalue weighted by Crippen LogP contribution is -2.49. The molecule has 1 rings (SSSR count). The smallest absolute Gasteiger partial charge is 0.248 e. The third kappa shape index (κ3) is 4.01. The predicted molar refractivity (Wildman–Crippen MR) is 59.5 cm³/mol. The number of hydrogen-bond donors (Lipinski definition) is 1. The molecule has 0 saturated carbocycles. The van der Waals surface area contributed by atoms with Crippen LogP contribution < -0.4 is 0 Å². The van der Waals surface area contributed by atoms with E-state index in [0.717, 1.165) is 45.6 Å². The molecule has 0 aromatic rings. The van der Waals surface area contributed by atoms with Crippen LogP contribution in [-0.2, 0) is 4.79 Å². The fraction of sp³-hybridized carbons (Fsp3) is 0.727. The van der Waals surface area contributed by atoms with E-state index in [1.165, 1.54) is 0 Å². The summed E-state index contributed by atoms with van der Waals surface area (Å²) in [5.41, 5.74) is 0. The van der Waals surface area contributed by atoms with Gasteiger partial charge in [-0.25, -0.2) is 0 Å². The molecule has 86 valence electrons. The van der Waals surface area contributed by atoms with Gasteiger partial charge in [0, 0.05) is 26.2 Å². The number of aliphatic hydroxyl groups excluding tert-OH is 1. The van der Waals surface area contributed by atoms with Crippen molar-refractivity contribution in [1.82, 2.24) is 9.80 Å². The van der Waals surface area contributed by atoms with Gasteiger partial charge >= 0.3 is 0 Å². The third-order valence-corrected chi connectivity index (χ3v) is 2.74.